The lowest BCUT2D eigenvalue weighted by atomic mass is 10.1. The van der Waals surface area contributed by atoms with Crippen LogP contribution in [0.5, 0.6) is 0 Å². The number of pyridine rings is 1. The number of aromatic nitrogens is 1. The van der Waals surface area contributed by atoms with Crippen molar-refractivity contribution < 1.29 is 4.79 Å². The zero-order valence-electron chi connectivity index (χ0n) is 10.5. The molecular formula is C14H14ClN3O. The van der Waals surface area contributed by atoms with Gasteiger partial charge in [0.25, 0.3) is 5.91 Å². The third kappa shape index (κ3) is 3.03. The first-order valence-corrected chi connectivity index (χ1v) is 6.16. The number of nitrogens with two attached hydrogens (primary N) is 1. The van der Waals surface area contributed by atoms with Crippen molar-refractivity contribution >= 4 is 23.2 Å². The van der Waals surface area contributed by atoms with Gasteiger partial charge in [-0.15, -0.1) is 0 Å². The molecule has 2 aromatic rings. The van der Waals surface area contributed by atoms with E-state index in [1.54, 1.807) is 36.3 Å². The predicted molar refractivity (Wildman–Crippen MR) is 75.9 cm³/mol. The average Bonchev–Trinajstić information content (AvgIpc) is 2.42. The van der Waals surface area contributed by atoms with Crippen molar-refractivity contribution in [3.63, 3.8) is 0 Å². The molecule has 98 valence electrons. The normalized spacial score (nSPS) is 10.2. The highest BCUT2D eigenvalue weighted by molar-refractivity contribution is 6.36. The minimum absolute atomic E-state index is 0.178. The number of carbonyl (C=O) groups is 1. The number of halogens is 1. The summed E-state index contributed by atoms with van der Waals surface area (Å²) in [5.41, 5.74) is 7.32. The molecule has 0 fully saturated rings. The topological polar surface area (TPSA) is 59.2 Å². The van der Waals surface area contributed by atoms with E-state index in [0.717, 1.165) is 5.69 Å². The summed E-state index contributed by atoms with van der Waals surface area (Å²) in [5, 5.41) is 0.292. The van der Waals surface area contributed by atoms with Crippen molar-refractivity contribution in [2.75, 3.05) is 12.8 Å². The first kappa shape index (κ1) is 13.4. The number of nitrogens with zero attached hydrogens (tertiary/aromatic N) is 2. The summed E-state index contributed by atoms with van der Waals surface area (Å²) in [7, 11) is 1.70. The molecule has 0 aliphatic heterocycles. The molecule has 5 heteroatoms. The predicted octanol–water partition coefficient (Wildman–Crippen LogP) is 2.59. The van der Waals surface area contributed by atoms with E-state index in [1.807, 2.05) is 18.2 Å². The van der Waals surface area contributed by atoms with Crippen LogP contribution in [0, 0.1) is 0 Å². The first-order chi connectivity index (χ1) is 9.09. The molecule has 1 aromatic carbocycles. The summed E-state index contributed by atoms with van der Waals surface area (Å²) in [6.45, 7) is 0.421. The Hall–Kier alpha value is -2.07. The van der Waals surface area contributed by atoms with E-state index in [4.69, 9.17) is 17.3 Å². The summed E-state index contributed by atoms with van der Waals surface area (Å²) < 4.78 is 0. The number of hydrogen-bond acceptors (Lipinski definition) is 3. The Morgan fingerprint density at radius 1 is 1.32 bits per heavy atom. The largest absolute Gasteiger partial charge is 0.398 e. The van der Waals surface area contributed by atoms with Crippen LogP contribution in [0.2, 0.25) is 5.02 Å². The Morgan fingerprint density at radius 3 is 2.79 bits per heavy atom. The highest BCUT2D eigenvalue weighted by Gasteiger charge is 2.16. The summed E-state index contributed by atoms with van der Waals surface area (Å²) in [5.74, 6) is -0.178. The molecule has 0 saturated heterocycles. The van der Waals surface area contributed by atoms with Crippen LogP contribution in [0.25, 0.3) is 0 Å². The van der Waals surface area contributed by atoms with Crippen LogP contribution >= 0.6 is 11.6 Å². The van der Waals surface area contributed by atoms with Crippen molar-refractivity contribution in [3.8, 4) is 0 Å². The van der Waals surface area contributed by atoms with Crippen molar-refractivity contribution in [1.82, 2.24) is 9.88 Å². The summed E-state index contributed by atoms with van der Waals surface area (Å²) in [6.07, 6.45) is 1.70. The van der Waals surface area contributed by atoms with Gasteiger partial charge in [0, 0.05) is 13.2 Å². The summed E-state index contributed by atoms with van der Waals surface area (Å²) in [6, 6.07) is 10.6. The third-order valence-corrected chi connectivity index (χ3v) is 3.15. The van der Waals surface area contributed by atoms with Gasteiger partial charge >= 0.3 is 0 Å². The lowest BCUT2D eigenvalue weighted by Crippen LogP contribution is -2.27. The second-order valence-corrected chi connectivity index (χ2v) is 4.57. The Balaban J connectivity index is 2.18. The smallest absolute Gasteiger partial charge is 0.255 e. The third-order valence-electron chi connectivity index (χ3n) is 2.73. The highest BCUT2D eigenvalue weighted by atomic mass is 35.5. The molecule has 0 aliphatic carbocycles. The molecule has 2 rings (SSSR count). The fourth-order valence-electron chi connectivity index (χ4n) is 1.73. The molecule has 0 radical (unpaired) electrons. The maximum absolute atomic E-state index is 12.3. The Labute approximate surface area is 116 Å². The molecule has 0 unspecified atom stereocenters. The molecule has 0 spiro atoms. The molecule has 2 N–H and O–H groups in total. The van der Waals surface area contributed by atoms with Gasteiger partial charge in [0.05, 0.1) is 28.5 Å². The van der Waals surface area contributed by atoms with Gasteiger partial charge < -0.3 is 10.6 Å². The maximum Gasteiger partial charge on any atom is 0.255 e. The van der Waals surface area contributed by atoms with E-state index < -0.39 is 0 Å². The van der Waals surface area contributed by atoms with E-state index in [-0.39, 0.29) is 5.91 Å². The number of rotatable bonds is 3. The fourth-order valence-corrected chi connectivity index (χ4v) is 1.93. The molecule has 1 heterocycles. The lowest BCUT2D eigenvalue weighted by molar-refractivity contribution is 0.0783. The van der Waals surface area contributed by atoms with E-state index in [0.29, 0.717) is 22.8 Å². The van der Waals surface area contributed by atoms with Crippen molar-refractivity contribution in [3.05, 3.63) is 58.9 Å². The zero-order chi connectivity index (χ0) is 13.8. The molecule has 0 saturated carbocycles. The lowest BCUT2D eigenvalue weighted by Gasteiger charge is -2.17. The van der Waals surface area contributed by atoms with Crippen molar-refractivity contribution in [2.24, 2.45) is 0 Å². The van der Waals surface area contributed by atoms with Crippen LogP contribution in [0.3, 0.4) is 0 Å². The highest BCUT2D eigenvalue weighted by Crippen LogP contribution is 2.24. The number of nitrogen functional groups attached to an aromatic ring is 1. The molecule has 4 nitrogen and oxygen atoms in total. The first-order valence-electron chi connectivity index (χ1n) is 5.79. The number of amides is 1. The minimum atomic E-state index is -0.178. The van der Waals surface area contributed by atoms with Gasteiger partial charge in [-0.1, -0.05) is 23.7 Å². The minimum Gasteiger partial charge on any atom is -0.398 e. The Morgan fingerprint density at radius 2 is 2.11 bits per heavy atom. The summed E-state index contributed by atoms with van der Waals surface area (Å²) >= 11 is 6.05. The molecule has 0 aliphatic rings. The van der Waals surface area contributed by atoms with E-state index >= 15 is 0 Å². The van der Waals surface area contributed by atoms with Gasteiger partial charge in [0.1, 0.15) is 0 Å². The van der Waals surface area contributed by atoms with E-state index in [9.17, 15) is 4.79 Å². The van der Waals surface area contributed by atoms with Gasteiger partial charge in [-0.05, 0) is 24.3 Å². The second-order valence-electron chi connectivity index (χ2n) is 4.19. The van der Waals surface area contributed by atoms with Gasteiger partial charge in [-0.25, -0.2) is 0 Å². The van der Waals surface area contributed by atoms with Crippen molar-refractivity contribution in [2.45, 2.75) is 6.54 Å². The standard InChI is InChI=1S/C14H14ClN3O/c1-18(9-10-5-2-3-8-17-10)14(19)11-6-4-7-12(16)13(11)15/h2-8H,9,16H2,1H3. The zero-order valence-corrected chi connectivity index (χ0v) is 11.3. The van der Waals surface area contributed by atoms with Gasteiger partial charge in [0.2, 0.25) is 0 Å². The SMILES string of the molecule is CN(Cc1ccccn1)C(=O)c1cccc(N)c1Cl. The Kier molecular flexibility index (Phi) is 4.02. The number of carbonyl (C=O) groups excluding carboxylic acids is 1. The fraction of sp³-hybridized carbons (Fsp3) is 0.143. The van der Waals surface area contributed by atoms with Crippen LogP contribution in [-0.2, 0) is 6.54 Å². The quantitative estimate of drug-likeness (QED) is 0.876. The van der Waals surface area contributed by atoms with Crippen LogP contribution in [0.4, 0.5) is 5.69 Å². The molecule has 1 aromatic heterocycles. The van der Waals surface area contributed by atoms with Crippen LogP contribution in [-0.4, -0.2) is 22.8 Å². The van der Waals surface area contributed by atoms with Gasteiger partial charge in [-0.2, -0.15) is 0 Å². The van der Waals surface area contributed by atoms with Crippen LogP contribution in [0.1, 0.15) is 16.1 Å². The average molecular weight is 276 g/mol. The van der Waals surface area contributed by atoms with Gasteiger partial charge in [-0.3, -0.25) is 9.78 Å². The second kappa shape index (κ2) is 5.71. The Bertz CT molecular complexity index is 586. The van der Waals surface area contributed by atoms with E-state index in [2.05, 4.69) is 4.98 Å². The summed E-state index contributed by atoms with van der Waals surface area (Å²) in [4.78, 5) is 18.0. The van der Waals surface area contributed by atoms with Crippen LogP contribution < -0.4 is 5.73 Å². The van der Waals surface area contributed by atoms with Crippen molar-refractivity contribution in [1.29, 1.82) is 0 Å². The van der Waals surface area contributed by atoms with Crippen LogP contribution in [0.15, 0.2) is 42.6 Å². The molecule has 0 atom stereocenters. The molecule has 0 bridgehead atoms. The maximum atomic E-state index is 12.3. The number of hydrogen-bond donors (Lipinski definition) is 1. The number of anilines is 1. The number of benzene rings is 1. The van der Waals surface area contributed by atoms with Gasteiger partial charge in [0.15, 0.2) is 0 Å². The molecule has 19 heavy (non-hydrogen) atoms. The monoisotopic (exact) mass is 275 g/mol. The molecular weight excluding hydrogens is 262 g/mol. The van der Waals surface area contributed by atoms with E-state index in [1.165, 1.54) is 0 Å². The molecule has 1 amide bonds.